The predicted octanol–water partition coefficient (Wildman–Crippen LogP) is 6.15. The molecule has 0 heterocycles. The Kier molecular flexibility index (Phi) is 6.50. The van der Waals surface area contributed by atoms with Crippen LogP contribution in [0.25, 0.3) is 6.08 Å². The summed E-state index contributed by atoms with van der Waals surface area (Å²) in [7, 11) is 3.10. The normalized spacial score (nSPS) is 10.7. The molecule has 0 aliphatic heterocycles. The Balaban J connectivity index is 1.67. The summed E-state index contributed by atoms with van der Waals surface area (Å²) in [6.07, 6.45) is 3.30. The summed E-state index contributed by atoms with van der Waals surface area (Å²) in [5.74, 6) is 2.48. The van der Waals surface area contributed by atoms with E-state index in [-0.39, 0.29) is 5.78 Å². The van der Waals surface area contributed by atoms with Gasteiger partial charge in [-0.2, -0.15) is 0 Å². The van der Waals surface area contributed by atoms with Crippen molar-refractivity contribution in [2.45, 2.75) is 0 Å². The maximum Gasteiger partial charge on any atom is 0.185 e. The van der Waals surface area contributed by atoms with Crippen LogP contribution in [-0.2, 0) is 0 Å². The number of hydrogen-bond acceptors (Lipinski definition) is 4. The van der Waals surface area contributed by atoms with E-state index in [1.807, 2.05) is 48.5 Å². The van der Waals surface area contributed by atoms with Gasteiger partial charge >= 0.3 is 0 Å². The summed E-state index contributed by atoms with van der Waals surface area (Å²) < 4.78 is 17.2. The van der Waals surface area contributed by atoms with Crippen LogP contribution in [-0.4, -0.2) is 20.0 Å². The molecule has 0 aromatic heterocycles. The zero-order valence-electron chi connectivity index (χ0n) is 15.5. The number of methoxy groups -OCH3 is 2. The fraction of sp³-hybridized carbons (Fsp3) is 0.0870. The molecule has 0 unspecified atom stereocenters. The van der Waals surface area contributed by atoms with Gasteiger partial charge in [-0.15, -0.1) is 0 Å². The second kappa shape index (κ2) is 9.24. The van der Waals surface area contributed by atoms with Gasteiger partial charge in [-0.1, -0.05) is 34.1 Å². The molecule has 0 atom stereocenters. The lowest BCUT2D eigenvalue weighted by molar-refractivity contribution is 0.104. The minimum absolute atomic E-state index is 0.115. The lowest BCUT2D eigenvalue weighted by atomic mass is 10.1. The zero-order chi connectivity index (χ0) is 19.9. The van der Waals surface area contributed by atoms with Gasteiger partial charge in [-0.05, 0) is 66.2 Å². The van der Waals surface area contributed by atoms with Crippen molar-refractivity contribution in [1.29, 1.82) is 0 Å². The van der Waals surface area contributed by atoms with E-state index in [2.05, 4.69) is 15.9 Å². The Bertz CT molecular complexity index is 976. The van der Waals surface area contributed by atoms with Crippen molar-refractivity contribution >= 4 is 27.8 Å². The summed E-state index contributed by atoms with van der Waals surface area (Å²) in [6, 6.07) is 20.2. The van der Waals surface area contributed by atoms with E-state index >= 15 is 0 Å². The number of halogens is 1. The third-order valence-electron chi connectivity index (χ3n) is 4.02. The molecule has 28 heavy (non-hydrogen) atoms. The first-order valence-electron chi connectivity index (χ1n) is 8.57. The number of rotatable bonds is 7. The first-order valence-corrected chi connectivity index (χ1v) is 9.36. The monoisotopic (exact) mass is 438 g/mol. The highest BCUT2D eigenvalue weighted by molar-refractivity contribution is 9.10. The lowest BCUT2D eigenvalue weighted by Crippen LogP contribution is -1.97. The van der Waals surface area contributed by atoms with Crippen molar-refractivity contribution in [3.63, 3.8) is 0 Å². The highest BCUT2D eigenvalue weighted by atomic mass is 79.9. The van der Waals surface area contributed by atoms with Gasteiger partial charge < -0.3 is 14.2 Å². The molecule has 0 saturated heterocycles. The number of ether oxygens (including phenoxy) is 3. The Morgan fingerprint density at radius 2 is 1.43 bits per heavy atom. The molecule has 0 N–H and O–H groups in total. The van der Waals surface area contributed by atoms with E-state index < -0.39 is 0 Å². The van der Waals surface area contributed by atoms with Crippen LogP contribution in [0.3, 0.4) is 0 Å². The number of carbonyl (C=O) groups excluding carboxylic acids is 1. The van der Waals surface area contributed by atoms with Crippen molar-refractivity contribution in [2.24, 2.45) is 0 Å². The van der Waals surface area contributed by atoms with Crippen LogP contribution in [0.1, 0.15) is 15.9 Å². The third kappa shape index (κ3) is 5.02. The van der Waals surface area contributed by atoms with Crippen LogP contribution in [0, 0.1) is 0 Å². The first kappa shape index (κ1) is 19.7. The third-order valence-corrected chi connectivity index (χ3v) is 4.55. The molecule has 0 radical (unpaired) electrons. The molecule has 0 spiro atoms. The van der Waals surface area contributed by atoms with Crippen LogP contribution in [0.2, 0.25) is 0 Å². The highest BCUT2D eigenvalue weighted by Gasteiger charge is 2.08. The molecule has 0 aliphatic rings. The average molecular weight is 439 g/mol. The van der Waals surface area contributed by atoms with Crippen molar-refractivity contribution in [3.05, 3.63) is 88.4 Å². The molecule has 4 nitrogen and oxygen atoms in total. The molecule has 0 saturated carbocycles. The topological polar surface area (TPSA) is 44.8 Å². The minimum Gasteiger partial charge on any atom is -0.493 e. The summed E-state index contributed by atoms with van der Waals surface area (Å²) in [5.41, 5.74) is 1.43. The lowest BCUT2D eigenvalue weighted by Gasteiger charge is -2.08. The maximum absolute atomic E-state index is 12.4. The van der Waals surface area contributed by atoms with Crippen LogP contribution < -0.4 is 14.2 Å². The quantitative estimate of drug-likeness (QED) is 0.327. The van der Waals surface area contributed by atoms with Gasteiger partial charge in [0.2, 0.25) is 0 Å². The zero-order valence-corrected chi connectivity index (χ0v) is 17.1. The molecule has 0 fully saturated rings. The molecule has 3 rings (SSSR count). The van der Waals surface area contributed by atoms with E-state index in [9.17, 15) is 4.79 Å². The SMILES string of the molecule is COc1ccc(C(=O)/C=C/c2ccc(Oc3ccc(Br)cc3)cc2)cc1OC. The first-order chi connectivity index (χ1) is 13.6. The molecule has 142 valence electrons. The Morgan fingerprint density at radius 1 is 0.821 bits per heavy atom. The van der Waals surface area contributed by atoms with Crippen molar-refractivity contribution in [2.75, 3.05) is 14.2 Å². The molecule has 0 aliphatic carbocycles. The largest absolute Gasteiger partial charge is 0.493 e. The van der Waals surface area contributed by atoms with Gasteiger partial charge in [0.25, 0.3) is 0 Å². The standard InChI is InChI=1S/C23H19BrO4/c1-26-22-14-6-17(15-23(22)27-2)21(25)13-5-16-3-9-19(10-4-16)28-20-11-7-18(24)8-12-20/h3-15H,1-2H3/b13-5+. The van der Waals surface area contributed by atoms with E-state index in [1.165, 1.54) is 6.08 Å². The molecular weight excluding hydrogens is 420 g/mol. The van der Waals surface area contributed by atoms with Gasteiger partial charge in [0.1, 0.15) is 11.5 Å². The molecule has 0 bridgehead atoms. The molecule has 5 heteroatoms. The minimum atomic E-state index is -0.115. The van der Waals surface area contributed by atoms with Crippen molar-refractivity contribution in [1.82, 2.24) is 0 Å². The summed E-state index contributed by atoms with van der Waals surface area (Å²) in [6.45, 7) is 0. The van der Waals surface area contributed by atoms with Gasteiger partial charge in [0, 0.05) is 10.0 Å². The van der Waals surface area contributed by atoms with Crippen LogP contribution >= 0.6 is 15.9 Å². The van der Waals surface area contributed by atoms with Gasteiger partial charge in [0.05, 0.1) is 14.2 Å². The number of carbonyl (C=O) groups is 1. The fourth-order valence-electron chi connectivity index (χ4n) is 2.54. The number of ketones is 1. The summed E-state index contributed by atoms with van der Waals surface area (Å²) in [5, 5.41) is 0. The number of hydrogen-bond donors (Lipinski definition) is 0. The summed E-state index contributed by atoms with van der Waals surface area (Å²) >= 11 is 3.40. The van der Waals surface area contributed by atoms with Crippen molar-refractivity contribution < 1.29 is 19.0 Å². The van der Waals surface area contributed by atoms with Crippen molar-refractivity contribution in [3.8, 4) is 23.0 Å². The molecule has 3 aromatic rings. The maximum atomic E-state index is 12.4. The molecular formula is C23H19BrO4. The Labute approximate surface area is 172 Å². The number of benzene rings is 3. The Morgan fingerprint density at radius 3 is 2.04 bits per heavy atom. The van der Waals surface area contributed by atoms with Crippen LogP contribution in [0.15, 0.2) is 77.3 Å². The van der Waals surface area contributed by atoms with E-state index in [4.69, 9.17) is 14.2 Å². The molecule has 0 amide bonds. The smallest absolute Gasteiger partial charge is 0.185 e. The number of allylic oxidation sites excluding steroid dienone is 1. The van der Waals surface area contributed by atoms with E-state index in [0.29, 0.717) is 17.1 Å². The predicted molar refractivity (Wildman–Crippen MR) is 114 cm³/mol. The Hall–Kier alpha value is -3.05. The van der Waals surface area contributed by atoms with Gasteiger partial charge in [-0.3, -0.25) is 4.79 Å². The highest BCUT2D eigenvalue weighted by Crippen LogP contribution is 2.28. The second-order valence-corrected chi connectivity index (χ2v) is 6.81. The summed E-state index contributed by atoms with van der Waals surface area (Å²) in [4.78, 5) is 12.4. The van der Waals surface area contributed by atoms with Gasteiger partial charge in [-0.25, -0.2) is 0 Å². The van der Waals surface area contributed by atoms with Crippen LogP contribution in [0.5, 0.6) is 23.0 Å². The van der Waals surface area contributed by atoms with E-state index in [0.717, 1.165) is 21.5 Å². The average Bonchev–Trinajstić information content (AvgIpc) is 2.74. The molecule has 3 aromatic carbocycles. The second-order valence-electron chi connectivity index (χ2n) is 5.89. The van der Waals surface area contributed by atoms with Gasteiger partial charge in [0.15, 0.2) is 17.3 Å². The fourth-order valence-corrected chi connectivity index (χ4v) is 2.81. The van der Waals surface area contributed by atoms with Crippen LogP contribution in [0.4, 0.5) is 0 Å². The van der Waals surface area contributed by atoms with E-state index in [1.54, 1.807) is 38.5 Å².